The molecular formula is C14H23F3N2OS. The summed E-state index contributed by atoms with van der Waals surface area (Å²) in [7, 11) is 0. The molecule has 1 saturated heterocycles. The third kappa shape index (κ3) is 4.77. The molecule has 0 aromatic rings. The number of halogens is 3. The molecule has 1 aliphatic heterocycles. The van der Waals surface area contributed by atoms with E-state index < -0.39 is 24.7 Å². The molecule has 2 fully saturated rings. The lowest BCUT2D eigenvalue weighted by atomic mass is 9.94. The number of thioether (sulfide) groups is 1. The Hall–Kier alpha value is -0.430. The van der Waals surface area contributed by atoms with E-state index in [1.165, 1.54) is 6.42 Å². The average Bonchev–Trinajstić information content (AvgIpc) is 2.72. The van der Waals surface area contributed by atoms with Crippen LogP contribution in [0.25, 0.3) is 0 Å². The number of alkyl halides is 3. The summed E-state index contributed by atoms with van der Waals surface area (Å²) >= 11 is 1.89. The summed E-state index contributed by atoms with van der Waals surface area (Å²) in [6, 6.07) is -0.182. The van der Waals surface area contributed by atoms with E-state index in [9.17, 15) is 18.0 Å². The van der Waals surface area contributed by atoms with Crippen molar-refractivity contribution in [2.45, 2.75) is 62.5 Å². The summed E-state index contributed by atoms with van der Waals surface area (Å²) in [5.41, 5.74) is 0. The van der Waals surface area contributed by atoms with Crippen LogP contribution in [0.4, 0.5) is 13.2 Å². The Labute approximate surface area is 128 Å². The molecule has 0 radical (unpaired) electrons. The van der Waals surface area contributed by atoms with Gasteiger partial charge in [-0.15, -0.1) is 0 Å². The monoisotopic (exact) mass is 324 g/mol. The number of likely N-dealkylation sites (tertiary alicyclic amines) is 1. The van der Waals surface area contributed by atoms with Crippen molar-refractivity contribution in [2.75, 3.05) is 18.8 Å². The van der Waals surface area contributed by atoms with Crippen LogP contribution in [0.15, 0.2) is 0 Å². The fraction of sp³-hybridized carbons (Fsp3) is 0.929. The molecule has 3 atom stereocenters. The van der Waals surface area contributed by atoms with Gasteiger partial charge in [0.25, 0.3) is 0 Å². The first kappa shape index (κ1) is 16.9. The van der Waals surface area contributed by atoms with Crippen LogP contribution in [-0.4, -0.2) is 53.2 Å². The topological polar surface area (TPSA) is 32.3 Å². The molecule has 3 nitrogen and oxygen atoms in total. The summed E-state index contributed by atoms with van der Waals surface area (Å²) in [6.45, 7) is 1.19. The van der Waals surface area contributed by atoms with Crippen LogP contribution in [0.3, 0.4) is 0 Å². The van der Waals surface area contributed by atoms with Crippen molar-refractivity contribution >= 4 is 17.7 Å². The minimum Gasteiger partial charge on any atom is -0.332 e. The Balaban J connectivity index is 1.89. The highest BCUT2D eigenvalue weighted by molar-refractivity contribution is 7.99. The highest BCUT2D eigenvalue weighted by atomic mass is 32.2. The Morgan fingerprint density at radius 3 is 2.67 bits per heavy atom. The fourth-order valence-corrected chi connectivity index (χ4v) is 4.43. The molecule has 2 rings (SSSR count). The second kappa shape index (κ2) is 7.22. The van der Waals surface area contributed by atoms with Crippen molar-refractivity contribution in [2.24, 2.45) is 0 Å². The average molecular weight is 324 g/mol. The molecule has 7 heteroatoms. The van der Waals surface area contributed by atoms with E-state index >= 15 is 0 Å². The van der Waals surface area contributed by atoms with Crippen LogP contribution in [0.1, 0.15) is 39.0 Å². The van der Waals surface area contributed by atoms with Gasteiger partial charge in [-0.2, -0.15) is 24.9 Å². The molecule has 0 bridgehead atoms. The predicted octanol–water partition coefficient (Wildman–Crippen LogP) is 2.80. The Bertz CT molecular complexity index is 363. The largest absolute Gasteiger partial charge is 0.406 e. The molecule has 1 aliphatic carbocycles. The van der Waals surface area contributed by atoms with E-state index in [-0.39, 0.29) is 12.6 Å². The number of nitrogens with one attached hydrogen (secondary N) is 1. The van der Waals surface area contributed by atoms with Gasteiger partial charge in [0, 0.05) is 17.8 Å². The van der Waals surface area contributed by atoms with E-state index in [1.807, 2.05) is 11.8 Å². The highest BCUT2D eigenvalue weighted by Crippen LogP contribution is 2.30. The number of carbonyl (C=O) groups is 1. The predicted molar refractivity (Wildman–Crippen MR) is 78.4 cm³/mol. The second-order valence-electron chi connectivity index (χ2n) is 5.77. The van der Waals surface area contributed by atoms with Crippen molar-refractivity contribution in [3.05, 3.63) is 0 Å². The maximum atomic E-state index is 12.4. The van der Waals surface area contributed by atoms with Gasteiger partial charge >= 0.3 is 6.18 Å². The van der Waals surface area contributed by atoms with E-state index in [4.69, 9.17) is 0 Å². The Morgan fingerprint density at radius 1 is 1.29 bits per heavy atom. The molecule has 0 spiro atoms. The van der Waals surface area contributed by atoms with Crippen molar-refractivity contribution < 1.29 is 18.0 Å². The van der Waals surface area contributed by atoms with Crippen LogP contribution in [0, 0.1) is 0 Å². The molecule has 2 aliphatic rings. The summed E-state index contributed by atoms with van der Waals surface area (Å²) in [6.07, 6.45) is 0.648. The van der Waals surface area contributed by atoms with Gasteiger partial charge in [0.2, 0.25) is 5.91 Å². The molecule has 1 heterocycles. The molecule has 122 valence electrons. The van der Waals surface area contributed by atoms with Crippen molar-refractivity contribution in [1.82, 2.24) is 10.2 Å². The quantitative estimate of drug-likeness (QED) is 0.844. The van der Waals surface area contributed by atoms with E-state index in [0.717, 1.165) is 29.9 Å². The number of rotatable bonds is 5. The van der Waals surface area contributed by atoms with Crippen LogP contribution in [0.5, 0.6) is 0 Å². The van der Waals surface area contributed by atoms with Gasteiger partial charge in [-0.25, -0.2) is 0 Å². The standard InChI is InChI=1S/C14H23F3N2OS/c1-2-21-12-6-4-3-5-10(12)18-11-7-8-19(13(11)20)9-14(15,16)17/h10-12,18H,2-9H2,1H3/t10-,11-,12-/m1/s1. The summed E-state index contributed by atoms with van der Waals surface area (Å²) in [5, 5.41) is 3.82. The van der Waals surface area contributed by atoms with Crippen LogP contribution >= 0.6 is 11.8 Å². The number of hydrogen-bond acceptors (Lipinski definition) is 3. The first-order valence-corrected chi connectivity index (χ1v) is 8.69. The minimum atomic E-state index is -4.31. The van der Waals surface area contributed by atoms with Gasteiger partial charge in [-0.3, -0.25) is 4.79 Å². The highest BCUT2D eigenvalue weighted by Gasteiger charge is 2.40. The zero-order valence-electron chi connectivity index (χ0n) is 12.3. The zero-order chi connectivity index (χ0) is 15.5. The molecular weight excluding hydrogens is 301 g/mol. The number of nitrogens with zero attached hydrogens (tertiary/aromatic N) is 1. The van der Waals surface area contributed by atoms with Crippen LogP contribution in [-0.2, 0) is 4.79 Å². The van der Waals surface area contributed by atoms with E-state index in [1.54, 1.807) is 0 Å². The number of hydrogen-bond donors (Lipinski definition) is 1. The Kier molecular flexibility index (Phi) is 5.82. The van der Waals surface area contributed by atoms with Gasteiger partial charge < -0.3 is 10.2 Å². The smallest absolute Gasteiger partial charge is 0.332 e. The lowest BCUT2D eigenvalue weighted by Gasteiger charge is -2.33. The van der Waals surface area contributed by atoms with Crippen molar-refractivity contribution in [3.8, 4) is 0 Å². The van der Waals surface area contributed by atoms with Gasteiger partial charge in [0.1, 0.15) is 6.54 Å². The Morgan fingerprint density at radius 2 is 2.00 bits per heavy atom. The van der Waals surface area contributed by atoms with Crippen LogP contribution < -0.4 is 5.32 Å². The molecule has 0 aromatic heterocycles. The molecule has 1 N–H and O–H groups in total. The van der Waals surface area contributed by atoms with Crippen molar-refractivity contribution in [3.63, 3.8) is 0 Å². The first-order valence-electron chi connectivity index (χ1n) is 7.64. The molecule has 0 aromatic carbocycles. The van der Waals surface area contributed by atoms with Gasteiger partial charge in [-0.1, -0.05) is 19.8 Å². The third-order valence-corrected chi connectivity index (χ3v) is 5.49. The first-order chi connectivity index (χ1) is 9.90. The van der Waals surface area contributed by atoms with E-state index in [2.05, 4.69) is 12.2 Å². The molecule has 21 heavy (non-hydrogen) atoms. The summed E-state index contributed by atoms with van der Waals surface area (Å²) in [4.78, 5) is 13.0. The molecule has 0 unspecified atom stereocenters. The summed E-state index contributed by atoms with van der Waals surface area (Å²) in [5.74, 6) is 0.639. The SMILES string of the molecule is CCS[C@@H]1CCCC[C@H]1N[C@@H]1CCN(CC(F)(F)F)C1=O. The normalized spacial score (nSPS) is 31.0. The third-order valence-electron chi connectivity index (χ3n) is 4.17. The lowest BCUT2D eigenvalue weighted by molar-refractivity contribution is -0.158. The van der Waals surface area contributed by atoms with E-state index in [0.29, 0.717) is 11.7 Å². The number of amides is 1. The maximum Gasteiger partial charge on any atom is 0.406 e. The minimum absolute atomic E-state index is 0.203. The van der Waals surface area contributed by atoms with Gasteiger partial charge in [0.15, 0.2) is 0 Å². The molecule has 1 saturated carbocycles. The zero-order valence-corrected chi connectivity index (χ0v) is 13.1. The molecule has 1 amide bonds. The van der Waals surface area contributed by atoms with Gasteiger partial charge in [0.05, 0.1) is 6.04 Å². The van der Waals surface area contributed by atoms with Crippen LogP contribution in [0.2, 0.25) is 0 Å². The van der Waals surface area contributed by atoms with Gasteiger partial charge in [-0.05, 0) is 25.0 Å². The number of carbonyl (C=O) groups excluding carboxylic acids is 1. The second-order valence-corrected chi connectivity index (χ2v) is 7.28. The lowest BCUT2D eigenvalue weighted by Crippen LogP contribution is -2.49. The fourth-order valence-electron chi connectivity index (χ4n) is 3.23. The summed E-state index contributed by atoms with van der Waals surface area (Å²) < 4.78 is 37.2. The maximum absolute atomic E-state index is 12.4. The van der Waals surface area contributed by atoms with Crippen molar-refractivity contribution in [1.29, 1.82) is 0 Å².